The van der Waals surface area contributed by atoms with Gasteiger partial charge < -0.3 is 20.3 Å². The van der Waals surface area contributed by atoms with Crippen LogP contribution in [0.25, 0.3) is 0 Å². The van der Waals surface area contributed by atoms with Crippen LogP contribution in [-0.4, -0.2) is 46.9 Å². The van der Waals surface area contributed by atoms with Crippen LogP contribution in [0.15, 0.2) is 60.8 Å². The molecule has 6 heteroatoms. The van der Waals surface area contributed by atoms with Crippen LogP contribution in [-0.2, 0) is 14.3 Å². The third-order valence-electron chi connectivity index (χ3n) is 11.6. The van der Waals surface area contributed by atoms with E-state index in [1.807, 2.05) is 0 Å². The highest BCUT2D eigenvalue weighted by molar-refractivity contribution is 5.77. The van der Waals surface area contributed by atoms with Crippen molar-refractivity contribution in [3.8, 4) is 0 Å². The summed E-state index contributed by atoms with van der Waals surface area (Å²) in [7, 11) is 0. The first kappa shape index (κ1) is 58.6. The van der Waals surface area contributed by atoms with Gasteiger partial charge in [0.25, 0.3) is 0 Å². The predicted molar refractivity (Wildman–Crippen MR) is 264 cm³/mol. The lowest BCUT2D eigenvalue weighted by Gasteiger charge is -2.24. The fourth-order valence-electron chi connectivity index (χ4n) is 7.60. The molecule has 0 aromatic rings. The molecule has 6 nitrogen and oxygen atoms in total. The fourth-order valence-corrected chi connectivity index (χ4v) is 7.60. The Labute approximate surface area is 378 Å². The fraction of sp³-hybridized carbons (Fsp3) is 0.782. The summed E-state index contributed by atoms with van der Waals surface area (Å²) in [5.74, 6) is -0.525. The van der Waals surface area contributed by atoms with Crippen LogP contribution in [0.3, 0.4) is 0 Å². The zero-order valence-electron chi connectivity index (χ0n) is 40.3. The maximum atomic E-state index is 13.2. The van der Waals surface area contributed by atoms with Crippen LogP contribution in [0.4, 0.5) is 0 Å². The second-order valence-electron chi connectivity index (χ2n) is 17.6. The second kappa shape index (κ2) is 48.6. The molecule has 0 spiro atoms. The summed E-state index contributed by atoms with van der Waals surface area (Å²) >= 11 is 0. The minimum atomic E-state index is -0.799. The van der Waals surface area contributed by atoms with E-state index in [2.05, 4.69) is 86.8 Å². The molecular weight excluding hydrogens is 755 g/mol. The molecule has 0 rings (SSSR count). The number of amides is 1. The van der Waals surface area contributed by atoms with Gasteiger partial charge in [0.05, 0.1) is 25.2 Å². The minimum Gasteiger partial charge on any atom is -0.462 e. The van der Waals surface area contributed by atoms with Crippen LogP contribution in [0.2, 0.25) is 0 Å². The standard InChI is InChI=1S/C55H99NO5/c1-4-7-10-13-16-19-21-23-25-27-29-31-33-36-39-42-45-48-55(60)61-51(46-43-40-37-35-32-30-28-26-24-22-20-17-14-11-8-5-2)49-54(59)56-52(50-57)53(58)47-44-41-38-34-18-15-12-9-6-3/h16,19,23,25-26,28-32,51-53,57-58H,4-15,17-18,20-22,24,27,33-50H2,1-3H3,(H,56,59)/b19-16-,25-23-,28-26+,31-29-,32-30+. The highest BCUT2D eigenvalue weighted by Gasteiger charge is 2.24. The van der Waals surface area contributed by atoms with Crippen molar-refractivity contribution in [2.45, 2.75) is 270 Å². The normalized spacial score (nSPS) is 13.7. The Morgan fingerprint density at radius 1 is 0.492 bits per heavy atom. The topological polar surface area (TPSA) is 95.9 Å². The molecule has 61 heavy (non-hydrogen) atoms. The molecule has 0 aromatic carbocycles. The van der Waals surface area contributed by atoms with Crippen LogP contribution in [0.5, 0.6) is 0 Å². The number of allylic oxidation sites excluding steroid dienone is 10. The molecular formula is C55H99NO5. The first-order valence-corrected chi connectivity index (χ1v) is 26.0. The van der Waals surface area contributed by atoms with Crippen LogP contribution >= 0.6 is 0 Å². The van der Waals surface area contributed by atoms with E-state index in [1.54, 1.807) is 0 Å². The smallest absolute Gasteiger partial charge is 0.306 e. The summed E-state index contributed by atoms with van der Waals surface area (Å²) < 4.78 is 5.91. The van der Waals surface area contributed by atoms with E-state index < -0.39 is 18.2 Å². The van der Waals surface area contributed by atoms with E-state index in [0.29, 0.717) is 19.3 Å². The van der Waals surface area contributed by atoms with Gasteiger partial charge in [0.1, 0.15) is 6.10 Å². The number of rotatable bonds is 46. The van der Waals surface area contributed by atoms with Crippen molar-refractivity contribution < 1.29 is 24.5 Å². The third kappa shape index (κ3) is 44.0. The molecule has 3 atom stereocenters. The number of aliphatic hydroxyl groups excluding tert-OH is 2. The van der Waals surface area contributed by atoms with Crippen LogP contribution in [0.1, 0.15) is 252 Å². The van der Waals surface area contributed by atoms with E-state index in [9.17, 15) is 19.8 Å². The van der Waals surface area contributed by atoms with E-state index in [0.717, 1.165) is 96.3 Å². The Morgan fingerprint density at radius 3 is 1.41 bits per heavy atom. The van der Waals surface area contributed by atoms with Crippen LogP contribution < -0.4 is 5.32 Å². The van der Waals surface area contributed by atoms with Crippen molar-refractivity contribution in [3.63, 3.8) is 0 Å². The molecule has 354 valence electrons. The van der Waals surface area contributed by atoms with Gasteiger partial charge >= 0.3 is 5.97 Å². The SMILES string of the molecule is CCCCC/C=C\C/C=C\C/C=C\CCCCCCC(=O)OC(CCCCC/C=C/C=C/CCCCCCCCC)CC(=O)NC(CO)C(O)CCCCCCCCCCC. The number of aliphatic hydroxyl groups is 2. The molecule has 0 saturated heterocycles. The lowest BCUT2D eigenvalue weighted by atomic mass is 10.0. The van der Waals surface area contributed by atoms with Crippen molar-refractivity contribution in [1.82, 2.24) is 5.32 Å². The number of ether oxygens (including phenoxy) is 1. The highest BCUT2D eigenvalue weighted by atomic mass is 16.5. The Bertz CT molecular complexity index is 1090. The number of unbranched alkanes of at least 4 members (excludes halogenated alkanes) is 25. The van der Waals surface area contributed by atoms with Gasteiger partial charge in [-0.1, -0.05) is 210 Å². The molecule has 0 aromatic heterocycles. The molecule has 3 unspecified atom stereocenters. The number of carbonyl (C=O) groups excluding carboxylic acids is 2. The number of carbonyl (C=O) groups is 2. The average molecular weight is 854 g/mol. The van der Waals surface area contributed by atoms with Crippen molar-refractivity contribution in [1.29, 1.82) is 0 Å². The summed E-state index contributed by atoms with van der Waals surface area (Å²) in [4.78, 5) is 26.1. The maximum Gasteiger partial charge on any atom is 0.306 e. The Hall–Kier alpha value is -2.44. The molecule has 0 aliphatic heterocycles. The molecule has 0 radical (unpaired) electrons. The summed E-state index contributed by atoms with van der Waals surface area (Å²) in [6.45, 7) is 6.42. The van der Waals surface area contributed by atoms with Crippen molar-refractivity contribution in [2.75, 3.05) is 6.61 Å². The second-order valence-corrected chi connectivity index (χ2v) is 17.6. The first-order chi connectivity index (χ1) is 30.0. The minimum absolute atomic E-state index is 0.0493. The average Bonchev–Trinajstić information content (AvgIpc) is 3.25. The van der Waals surface area contributed by atoms with Gasteiger partial charge in [0.15, 0.2) is 0 Å². The highest BCUT2D eigenvalue weighted by Crippen LogP contribution is 2.17. The number of hydrogen-bond donors (Lipinski definition) is 3. The first-order valence-electron chi connectivity index (χ1n) is 26.0. The van der Waals surface area contributed by atoms with E-state index in [-0.39, 0.29) is 24.9 Å². The van der Waals surface area contributed by atoms with Crippen LogP contribution in [0, 0.1) is 0 Å². The van der Waals surface area contributed by atoms with Gasteiger partial charge in [-0.3, -0.25) is 9.59 Å². The summed E-state index contributed by atoms with van der Waals surface area (Å²) in [6.07, 6.45) is 60.0. The molecule has 1 amide bonds. The monoisotopic (exact) mass is 854 g/mol. The van der Waals surface area contributed by atoms with Crippen molar-refractivity contribution >= 4 is 11.9 Å². The molecule has 3 N–H and O–H groups in total. The van der Waals surface area contributed by atoms with Gasteiger partial charge in [-0.15, -0.1) is 0 Å². The Balaban J connectivity index is 4.67. The number of nitrogens with one attached hydrogen (secondary N) is 1. The summed E-state index contributed by atoms with van der Waals surface area (Å²) in [6, 6.07) is -0.715. The lowest BCUT2D eigenvalue weighted by molar-refractivity contribution is -0.151. The molecule has 0 aliphatic carbocycles. The van der Waals surface area contributed by atoms with E-state index >= 15 is 0 Å². The third-order valence-corrected chi connectivity index (χ3v) is 11.6. The lowest BCUT2D eigenvalue weighted by Crippen LogP contribution is -2.46. The summed E-state index contributed by atoms with van der Waals surface area (Å²) in [5, 5.41) is 23.7. The number of hydrogen-bond acceptors (Lipinski definition) is 5. The summed E-state index contributed by atoms with van der Waals surface area (Å²) in [5.41, 5.74) is 0. The van der Waals surface area contributed by atoms with Gasteiger partial charge in [-0.25, -0.2) is 0 Å². The zero-order chi connectivity index (χ0) is 44.5. The van der Waals surface area contributed by atoms with Gasteiger partial charge in [-0.2, -0.15) is 0 Å². The molecule has 0 heterocycles. The Morgan fingerprint density at radius 2 is 0.885 bits per heavy atom. The molecule has 0 bridgehead atoms. The van der Waals surface area contributed by atoms with Gasteiger partial charge in [-0.05, 0) is 89.9 Å². The molecule has 0 aliphatic rings. The molecule has 0 saturated carbocycles. The van der Waals surface area contributed by atoms with Crippen molar-refractivity contribution in [2.24, 2.45) is 0 Å². The number of esters is 1. The predicted octanol–water partition coefficient (Wildman–Crippen LogP) is 15.6. The quantitative estimate of drug-likeness (QED) is 0.0245. The zero-order valence-corrected chi connectivity index (χ0v) is 40.3. The van der Waals surface area contributed by atoms with Crippen molar-refractivity contribution in [3.05, 3.63) is 60.8 Å². The van der Waals surface area contributed by atoms with E-state index in [4.69, 9.17) is 4.74 Å². The van der Waals surface area contributed by atoms with E-state index in [1.165, 1.54) is 109 Å². The largest absolute Gasteiger partial charge is 0.462 e. The Kier molecular flexibility index (Phi) is 46.6. The maximum absolute atomic E-state index is 13.2. The van der Waals surface area contributed by atoms with Gasteiger partial charge in [0, 0.05) is 6.42 Å². The molecule has 0 fully saturated rings. The van der Waals surface area contributed by atoms with Gasteiger partial charge in [0.2, 0.25) is 5.91 Å².